The average molecular weight is 485 g/mol. The van der Waals surface area contributed by atoms with Crippen LogP contribution in [0.15, 0.2) is 77.7 Å². The SMILES string of the molecule is Cc1ccc(C(=O)NC(c2ccccc2)c2cccc(Cl)c2)cc1S(=O)(=O)N1CCOCC1. The quantitative estimate of drug-likeness (QED) is 0.569. The average Bonchev–Trinajstić information content (AvgIpc) is 2.83. The van der Waals surface area contributed by atoms with Crippen LogP contribution < -0.4 is 5.32 Å². The fourth-order valence-corrected chi connectivity index (χ4v) is 5.71. The van der Waals surface area contributed by atoms with E-state index in [1.807, 2.05) is 48.5 Å². The minimum absolute atomic E-state index is 0.135. The lowest BCUT2D eigenvalue weighted by molar-refractivity contribution is 0.0730. The monoisotopic (exact) mass is 484 g/mol. The van der Waals surface area contributed by atoms with Crippen molar-refractivity contribution in [2.75, 3.05) is 26.3 Å². The summed E-state index contributed by atoms with van der Waals surface area (Å²) < 4.78 is 33.1. The van der Waals surface area contributed by atoms with Crippen molar-refractivity contribution in [2.45, 2.75) is 17.9 Å². The maximum atomic E-state index is 13.3. The Kier molecular flexibility index (Phi) is 7.14. The molecule has 1 aliphatic heterocycles. The Labute approximate surface area is 199 Å². The van der Waals surface area contributed by atoms with Crippen molar-refractivity contribution in [1.82, 2.24) is 9.62 Å². The number of nitrogens with zero attached hydrogens (tertiary/aromatic N) is 1. The van der Waals surface area contributed by atoms with Crippen molar-refractivity contribution in [3.63, 3.8) is 0 Å². The summed E-state index contributed by atoms with van der Waals surface area (Å²) in [5.41, 5.74) is 2.58. The summed E-state index contributed by atoms with van der Waals surface area (Å²) in [6.45, 7) is 3.04. The van der Waals surface area contributed by atoms with Gasteiger partial charge in [0, 0.05) is 23.7 Å². The largest absolute Gasteiger partial charge is 0.379 e. The Bertz CT molecular complexity index is 1240. The molecule has 1 aliphatic rings. The maximum absolute atomic E-state index is 13.3. The molecule has 1 saturated heterocycles. The molecule has 1 N–H and O–H groups in total. The summed E-state index contributed by atoms with van der Waals surface area (Å²) in [6.07, 6.45) is 0. The van der Waals surface area contributed by atoms with Gasteiger partial charge in [0.2, 0.25) is 10.0 Å². The third-order valence-corrected chi connectivity index (χ3v) is 7.90. The summed E-state index contributed by atoms with van der Waals surface area (Å²) in [4.78, 5) is 13.4. The van der Waals surface area contributed by atoms with Crippen molar-refractivity contribution in [3.8, 4) is 0 Å². The van der Waals surface area contributed by atoms with E-state index in [2.05, 4.69) is 5.32 Å². The van der Waals surface area contributed by atoms with Crippen molar-refractivity contribution in [3.05, 3.63) is 100 Å². The van der Waals surface area contributed by atoms with Crippen LogP contribution in [0.1, 0.15) is 33.1 Å². The minimum atomic E-state index is -3.73. The Hall–Kier alpha value is -2.71. The van der Waals surface area contributed by atoms with E-state index in [0.717, 1.165) is 11.1 Å². The normalized spacial score (nSPS) is 15.7. The number of halogens is 1. The van der Waals surface area contributed by atoms with E-state index >= 15 is 0 Å². The Morgan fingerprint density at radius 2 is 1.67 bits per heavy atom. The highest BCUT2D eigenvalue weighted by molar-refractivity contribution is 7.89. The number of nitrogens with one attached hydrogen (secondary N) is 1. The van der Waals surface area contributed by atoms with E-state index in [-0.39, 0.29) is 16.4 Å². The smallest absolute Gasteiger partial charge is 0.252 e. The molecule has 0 spiro atoms. The molecule has 1 heterocycles. The van der Waals surface area contributed by atoms with Crippen molar-refractivity contribution in [1.29, 1.82) is 0 Å². The number of morpholine rings is 1. The van der Waals surface area contributed by atoms with Crippen LogP contribution in [0.2, 0.25) is 5.02 Å². The van der Waals surface area contributed by atoms with Crippen LogP contribution in [0.4, 0.5) is 0 Å². The molecule has 0 aromatic heterocycles. The molecule has 4 rings (SSSR count). The van der Waals surface area contributed by atoms with Crippen LogP contribution in [0.5, 0.6) is 0 Å². The first-order chi connectivity index (χ1) is 15.9. The second kappa shape index (κ2) is 10.1. The number of amides is 1. The minimum Gasteiger partial charge on any atom is -0.379 e. The van der Waals surface area contributed by atoms with Gasteiger partial charge in [-0.2, -0.15) is 4.31 Å². The van der Waals surface area contributed by atoms with Gasteiger partial charge >= 0.3 is 0 Å². The van der Waals surface area contributed by atoms with Crippen molar-refractivity contribution in [2.24, 2.45) is 0 Å². The molecular weight excluding hydrogens is 460 g/mol. The third kappa shape index (κ3) is 5.28. The molecule has 1 fully saturated rings. The lowest BCUT2D eigenvalue weighted by atomic mass is 9.98. The molecular formula is C25H25ClN2O4S. The van der Waals surface area contributed by atoms with Gasteiger partial charge in [-0.3, -0.25) is 4.79 Å². The number of hydrogen-bond donors (Lipinski definition) is 1. The molecule has 3 aromatic rings. The van der Waals surface area contributed by atoms with Crippen LogP contribution in [0.25, 0.3) is 0 Å². The molecule has 172 valence electrons. The highest BCUT2D eigenvalue weighted by Gasteiger charge is 2.29. The van der Waals surface area contributed by atoms with Gasteiger partial charge in [0.1, 0.15) is 0 Å². The third-order valence-electron chi connectivity index (χ3n) is 5.63. The number of benzene rings is 3. The molecule has 0 radical (unpaired) electrons. The molecule has 0 saturated carbocycles. The number of aryl methyl sites for hydroxylation is 1. The molecule has 1 amide bonds. The predicted molar refractivity (Wildman–Crippen MR) is 128 cm³/mol. The van der Waals surface area contributed by atoms with E-state index in [1.165, 1.54) is 10.4 Å². The highest BCUT2D eigenvalue weighted by Crippen LogP contribution is 2.26. The predicted octanol–water partition coefficient (Wildman–Crippen LogP) is 4.19. The van der Waals surface area contributed by atoms with Gasteiger partial charge in [0.15, 0.2) is 0 Å². The zero-order valence-corrected chi connectivity index (χ0v) is 19.8. The van der Waals surface area contributed by atoms with E-state index in [4.69, 9.17) is 16.3 Å². The first-order valence-corrected chi connectivity index (χ1v) is 12.5. The summed E-state index contributed by atoms with van der Waals surface area (Å²) >= 11 is 6.20. The summed E-state index contributed by atoms with van der Waals surface area (Å²) in [5, 5.41) is 3.61. The molecule has 8 heteroatoms. The van der Waals surface area contributed by atoms with Gasteiger partial charge in [-0.15, -0.1) is 0 Å². The van der Waals surface area contributed by atoms with Crippen LogP contribution in [-0.4, -0.2) is 44.9 Å². The van der Waals surface area contributed by atoms with Crippen molar-refractivity contribution >= 4 is 27.5 Å². The second-order valence-corrected chi connectivity index (χ2v) is 10.2. The van der Waals surface area contributed by atoms with Gasteiger partial charge in [-0.1, -0.05) is 60.1 Å². The van der Waals surface area contributed by atoms with Gasteiger partial charge in [-0.05, 0) is 47.9 Å². The van der Waals surface area contributed by atoms with Crippen LogP contribution in [0, 0.1) is 6.92 Å². The molecule has 0 bridgehead atoms. The van der Waals surface area contributed by atoms with Crippen LogP contribution in [-0.2, 0) is 14.8 Å². The Morgan fingerprint density at radius 1 is 0.970 bits per heavy atom. The van der Waals surface area contributed by atoms with E-state index in [0.29, 0.717) is 36.9 Å². The number of carbonyl (C=O) groups is 1. The lowest BCUT2D eigenvalue weighted by Gasteiger charge is -2.27. The summed E-state index contributed by atoms with van der Waals surface area (Å²) in [6, 6.07) is 21.2. The molecule has 0 aliphatic carbocycles. The van der Waals surface area contributed by atoms with Crippen molar-refractivity contribution < 1.29 is 17.9 Å². The topological polar surface area (TPSA) is 75.7 Å². The van der Waals surface area contributed by atoms with E-state index < -0.39 is 16.1 Å². The van der Waals surface area contributed by atoms with E-state index in [1.54, 1.807) is 25.1 Å². The Morgan fingerprint density at radius 3 is 2.36 bits per heavy atom. The van der Waals surface area contributed by atoms with Crippen LogP contribution in [0.3, 0.4) is 0 Å². The number of hydrogen-bond acceptors (Lipinski definition) is 4. The van der Waals surface area contributed by atoms with Gasteiger partial charge < -0.3 is 10.1 Å². The standard InChI is InChI=1S/C25H25ClN2O4S/c1-18-10-11-21(17-23(18)33(30,31)28-12-14-32-15-13-28)25(29)27-24(19-6-3-2-4-7-19)20-8-5-9-22(26)16-20/h2-11,16-17,24H,12-15H2,1H3,(H,27,29). The molecule has 6 nitrogen and oxygen atoms in total. The fourth-order valence-electron chi connectivity index (χ4n) is 3.85. The highest BCUT2D eigenvalue weighted by atomic mass is 35.5. The van der Waals surface area contributed by atoms with E-state index in [9.17, 15) is 13.2 Å². The van der Waals surface area contributed by atoms with Crippen LogP contribution >= 0.6 is 11.6 Å². The van der Waals surface area contributed by atoms with Gasteiger partial charge in [0.25, 0.3) is 5.91 Å². The summed E-state index contributed by atoms with van der Waals surface area (Å²) in [5.74, 6) is -0.373. The molecule has 1 atom stereocenters. The Balaban J connectivity index is 1.66. The number of rotatable bonds is 6. The first kappa shape index (κ1) is 23.4. The zero-order valence-electron chi connectivity index (χ0n) is 18.2. The summed E-state index contributed by atoms with van der Waals surface area (Å²) in [7, 11) is -3.73. The molecule has 33 heavy (non-hydrogen) atoms. The fraction of sp³-hybridized carbons (Fsp3) is 0.240. The van der Waals surface area contributed by atoms with Gasteiger partial charge in [0.05, 0.1) is 24.2 Å². The zero-order chi connectivity index (χ0) is 23.4. The number of ether oxygens (including phenoxy) is 1. The lowest BCUT2D eigenvalue weighted by Crippen LogP contribution is -2.41. The second-order valence-electron chi connectivity index (χ2n) is 7.87. The number of sulfonamides is 1. The first-order valence-electron chi connectivity index (χ1n) is 10.7. The van der Waals surface area contributed by atoms with Gasteiger partial charge in [-0.25, -0.2) is 8.42 Å². The maximum Gasteiger partial charge on any atom is 0.252 e. The number of carbonyl (C=O) groups excluding carboxylic acids is 1. The molecule has 3 aromatic carbocycles. The molecule has 1 unspecified atom stereocenters.